The van der Waals surface area contributed by atoms with Crippen LogP contribution in [0.4, 0.5) is 11.4 Å². The van der Waals surface area contributed by atoms with Gasteiger partial charge in [-0.05, 0) is 43.4 Å². The summed E-state index contributed by atoms with van der Waals surface area (Å²) in [5, 5.41) is 9.21. The summed E-state index contributed by atoms with van der Waals surface area (Å²) in [4.78, 5) is 23.8. The topological polar surface area (TPSA) is 70.2 Å². The summed E-state index contributed by atoms with van der Waals surface area (Å²) in [7, 11) is 0. The molecule has 3 N–H and O–H groups in total. The molecule has 2 atom stereocenters. The van der Waals surface area contributed by atoms with E-state index in [-0.39, 0.29) is 18.4 Å². The lowest BCUT2D eigenvalue weighted by atomic mass is 9.86. The van der Waals surface area contributed by atoms with E-state index in [1.807, 2.05) is 32.0 Å². The highest BCUT2D eigenvalue weighted by Gasteiger charge is 2.22. The van der Waals surface area contributed by atoms with Crippen LogP contribution in [0.15, 0.2) is 18.2 Å². The van der Waals surface area contributed by atoms with E-state index in [1.165, 1.54) is 19.3 Å². The Labute approximate surface area is 144 Å². The molecule has 132 valence electrons. The van der Waals surface area contributed by atoms with E-state index in [9.17, 15) is 9.59 Å². The molecule has 2 amide bonds. The van der Waals surface area contributed by atoms with E-state index in [0.29, 0.717) is 18.4 Å². The first-order valence-corrected chi connectivity index (χ1v) is 8.94. The lowest BCUT2D eigenvalue weighted by molar-refractivity contribution is -0.120. The minimum absolute atomic E-state index is 0.0146. The first kappa shape index (κ1) is 18.3. The van der Waals surface area contributed by atoms with Crippen LogP contribution in [-0.2, 0) is 9.59 Å². The number of rotatable bonds is 6. The zero-order chi connectivity index (χ0) is 17.5. The molecule has 1 aliphatic rings. The van der Waals surface area contributed by atoms with Gasteiger partial charge in [-0.15, -0.1) is 0 Å². The lowest BCUT2D eigenvalue weighted by Gasteiger charge is -2.29. The second kappa shape index (κ2) is 8.71. The number of carbonyl (C=O) groups excluding carboxylic acids is 2. The molecule has 1 saturated carbocycles. The molecule has 1 aliphatic carbocycles. The van der Waals surface area contributed by atoms with Gasteiger partial charge in [0.05, 0.1) is 6.54 Å². The maximum Gasteiger partial charge on any atom is 0.239 e. The van der Waals surface area contributed by atoms with Crippen molar-refractivity contribution < 1.29 is 9.59 Å². The zero-order valence-electron chi connectivity index (χ0n) is 14.9. The van der Waals surface area contributed by atoms with Gasteiger partial charge in [0.2, 0.25) is 11.8 Å². The number of nitrogens with one attached hydrogen (secondary N) is 3. The Morgan fingerprint density at radius 3 is 2.54 bits per heavy atom. The molecule has 0 aliphatic heterocycles. The zero-order valence-corrected chi connectivity index (χ0v) is 14.9. The van der Waals surface area contributed by atoms with Crippen LogP contribution >= 0.6 is 0 Å². The van der Waals surface area contributed by atoms with Crippen LogP contribution in [0, 0.1) is 12.8 Å². The SMILES string of the molecule is CCC(=O)Nc1cccc(NCC(=O)N[C@H]2CCCC[C@@H]2C)c1C. The Morgan fingerprint density at radius 1 is 1.12 bits per heavy atom. The molecular formula is C19H29N3O2. The number of amides is 2. The average molecular weight is 331 g/mol. The molecule has 1 aromatic rings. The molecule has 1 aromatic carbocycles. The van der Waals surface area contributed by atoms with Gasteiger partial charge in [0.1, 0.15) is 0 Å². The van der Waals surface area contributed by atoms with Gasteiger partial charge in [-0.1, -0.05) is 32.8 Å². The largest absolute Gasteiger partial charge is 0.376 e. The Kier molecular flexibility index (Phi) is 6.64. The molecule has 0 bridgehead atoms. The molecule has 0 aromatic heterocycles. The van der Waals surface area contributed by atoms with E-state index in [1.54, 1.807) is 0 Å². The van der Waals surface area contributed by atoms with Crippen LogP contribution in [0.25, 0.3) is 0 Å². The third kappa shape index (κ3) is 4.98. The van der Waals surface area contributed by atoms with Crippen molar-refractivity contribution in [2.45, 2.75) is 58.9 Å². The Bertz CT molecular complexity index is 586. The molecule has 2 rings (SSSR count). The van der Waals surface area contributed by atoms with Crippen molar-refractivity contribution in [1.82, 2.24) is 5.32 Å². The highest BCUT2D eigenvalue weighted by Crippen LogP contribution is 2.24. The quantitative estimate of drug-likeness (QED) is 0.748. The Morgan fingerprint density at radius 2 is 1.83 bits per heavy atom. The summed E-state index contributed by atoms with van der Waals surface area (Å²) in [6.45, 7) is 6.22. The fourth-order valence-electron chi connectivity index (χ4n) is 3.17. The third-order valence-corrected chi connectivity index (χ3v) is 4.83. The van der Waals surface area contributed by atoms with Gasteiger partial charge in [-0.3, -0.25) is 9.59 Å². The first-order chi connectivity index (χ1) is 11.5. The summed E-state index contributed by atoms with van der Waals surface area (Å²) in [6, 6.07) is 5.97. The molecule has 0 unspecified atom stereocenters. The fourth-order valence-corrected chi connectivity index (χ4v) is 3.17. The highest BCUT2D eigenvalue weighted by molar-refractivity contribution is 5.92. The second-order valence-corrected chi connectivity index (χ2v) is 6.67. The number of anilines is 2. The monoisotopic (exact) mass is 331 g/mol. The van der Waals surface area contributed by atoms with Crippen molar-refractivity contribution in [1.29, 1.82) is 0 Å². The molecule has 0 heterocycles. The average Bonchev–Trinajstić information content (AvgIpc) is 2.57. The van der Waals surface area contributed by atoms with Gasteiger partial charge in [0, 0.05) is 23.8 Å². The van der Waals surface area contributed by atoms with E-state index in [0.717, 1.165) is 23.4 Å². The lowest BCUT2D eigenvalue weighted by Crippen LogP contribution is -2.43. The Hall–Kier alpha value is -2.04. The molecule has 0 spiro atoms. The molecule has 0 radical (unpaired) electrons. The smallest absolute Gasteiger partial charge is 0.239 e. The Balaban J connectivity index is 1.90. The predicted octanol–water partition coefficient (Wildman–Crippen LogP) is 3.45. The minimum atomic E-state index is -0.0146. The van der Waals surface area contributed by atoms with Crippen LogP contribution < -0.4 is 16.0 Å². The number of carbonyl (C=O) groups is 2. The van der Waals surface area contributed by atoms with E-state index >= 15 is 0 Å². The maximum atomic E-state index is 12.2. The molecule has 5 nitrogen and oxygen atoms in total. The second-order valence-electron chi connectivity index (χ2n) is 6.67. The normalized spacial score (nSPS) is 20.3. The summed E-state index contributed by atoms with van der Waals surface area (Å²) in [6.07, 6.45) is 5.17. The van der Waals surface area contributed by atoms with Crippen LogP contribution in [-0.4, -0.2) is 24.4 Å². The molecular weight excluding hydrogens is 302 g/mol. The standard InChI is InChI=1S/C19H29N3O2/c1-4-18(23)22-17-11-7-10-16(14(17)3)20-12-19(24)21-15-9-6-5-8-13(15)2/h7,10-11,13,15,20H,4-6,8-9,12H2,1-3H3,(H,21,24)(H,22,23)/t13-,15-/m0/s1. The summed E-state index contributed by atoms with van der Waals surface area (Å²) in [5.74, 6) is 0.562. The van der Waals surface area contributed by atoms with Gasteiger partial charge < -0.3 is 16.0 Å². The number of hydrogen-bond donors (Lipinski definition) is 3. The van der Waals surface area contributed by atoms with Gasteiger partial charge in [-0.25, -0.2) is 0 Å². The van der Waals surface area contributed by atoms with Crippen molar-refractivity contribution in [3.8, 4) is 0 Å². The highest BCUT2D eigenvalue weighted by atomic mass is 16.2. The molecule has 5 heteroatoms. The minimum Gasteiger partial charge on any atom is -0.376 e. The van der Waals surface area contributed by atoms with Crippen molar-refractivity contribution >= 4 is 23.2 Å². The van der Waals surface area contributed by atoms with Crippen molar-refractivity contribution in [3.63, 3.8) is 0 Å². The number of benzene rings is 1. The summed E-state index contributed by atoms with van der Waals surface area (Å²) >= 11 is 0. The fraction of sp³-hybridized carbons (Fsp3) is 0.579. The van der Waals surface area contributed by atoms with Crippen LogP contribution in [0.2, 0.25) is 0 Å². The summed E-state index contributed by atoms with van der Waals surface area (Å²) < 4.78 is 0. The third-order valence-electron chi connectivity index (χ3n) is 4.83. The van der Waals surface area contributed by atoms with Gasteiger partial charge in [0.15, 0.2) is 0 Å². The van der Waals surface area contributed by atoms with Crippen LogP contribution in [0.5, 0.6) is 0 Å². The van der Waals surface area contributed by atoms with E-state index in [2.05, 4.69) is 22.9 Å². The maximum absolute atomic E-state index is 12.2. The number of hydrogen-bond acceptors (Lipinski definition) is 3. The molecule has 1 fully saturated rings. The van der Waals surface area contributed by atoms with Gasteiger partial charge in [0.25, 0.3) is 0 Å². The van der Waals surface area contributed by atoms with E-state index in [4.69, 9.17) is 0 Å². The summed E-state index contributed by atoms with van der Waals surface area (Å²) in [5.41, 5.74) is 2.60. The van der Waals surface area contributed by atoms with Crippen molar-refractivity contribution in [2.24, 2.45) is 5.92 Å². The molecule has 24 heavy (non-hydrogen) atoms. The predicted molar refractivity (Wildman–Crippen MR) is 98.2 cm³/mol. The van der Waals surface area contributed by atoms with Gasteiger partial charge in [-0.2, -0.15) is 0 Å². The van der Waals surface area contributed by atoms with Crippen LogP contribution in [0.3, 0.4) is 0 Å². The van der Waals surface area contributed by atoms with E-state index < -0.39 is 0 Å². The van der Waals surface area contributed by atoms with Gasteiger partial charge >= 0.3 is 0 Å². The molecule has 0 saturated heterocycles. The first-order valence-electron chi connectivity index (χ1n) is 8.94. The van der Waals surface area contributed by atoms with Crippen molar-refractivity contribution in [2.75, 3.05) is 17.2 Å². The van der Waals surface area contributed by atoms with Crippen LogP contribution in [0.1, 0.15) is 51.5 Å². The van der Waals surface area contributed by atoms with Crippen molar-refractivity contribution in [3.05, 3.63) is 23.8 Å².